The van der Waals surface area contributed by atoms with Crippen molar-refractivity contribution in [1.82, 2.24) is 0 Å². The Balaban J connectivity index is 2.61. The molecule has 1 unspecified atom stereocenters. The predicted octanol–water partition coefficient (Wildman–Crippen LogP) is 1.70. The lowest BCUT2D eigenvalue weighted by Crippen LogP contribution is -2.49. The van der Waals surface area contributed by atoms with Crippen LogP contribution in [0.25, 0.3) is 0 Å². The molecule has 2 rings (SSSR count). The Morgan fingerprint density at radius 3 is 3.00 bits per heavy atom. The highest BCUT2D eigenvalue weighted by atomic mass is 79.9. The fourth-order valence-electron chi connectivity index (χ4n) is 1.88. The van der Waals surface area contributed by atoms with E-state index in [1.807, 2.05) is 0 Å². The standard InChI is InChI=1S/C11H11BrFNO3/c1-16-10(15)11(14)2-3-17-9-7(11)4-6(13)5-8(9)12/h4-5H,2-3,14H2,1H3. The van der Waals surface area contributed by atoms with Crippen LogP contribution in [0, 0.1) is 5.82 Å². The van der Waals surface area contributed by atoms with E-state index in [0.717, 1.165) is 0 Å². The smallest absolute Gasteiger partial charge is 0.330 e. The molecule has 0 saturated carbocycles. The molecule has 0 radical (unpaired) electrons. The maximum atomic E-state index is 13.4. The van der Waals surface area contributed by atoms with Crippen molar-refractivity contribution in [3.63, 3.8) is 0 Å². The van der Waals surface area contributed by atoms with E-state index in [1.54, 1.807) is 0 Å². The number of carbonyl (C=O) groups excluding carboxylic acids is 1. The van der Waals surface area contributed by atoms with Crippen LogP contribution < -0.4 is 10.5 Å². The van der Waals surface area contributed by atoms with E-state index in [-0.39, 0.29) is 13.0 Å². The van der Waals surface area contributed by atoms with E-state index in [0.29, 0.717) is 15.8 Å². The van der Waals surface area contributed by atoms with Crippen molar-refractivity contribution >= 4 is 21.9 Å². The second-order valence-electron chi connectivity index (χ2n) is 3.83. The highest BCUT2D eigenvalue weighted by molar-refractivity contribution is 9.10. The lowest BCUT2D eigenvalue weighted by atomic mass is 9.85. The second kappa shape index (κ2) is 4.27. The number of nitrogens with two attached hydrogens (primary N) is 1. The molecule has 1 aromatic carbocycles. The lowest BCUT2D eigenvalue weighted by Gasteiger charge is -2.33. The summed E-state index contributed by atoms with van der Waals surface area (Å²) in [4.78, 5) is 11.7. The van der Waals surface area contributed by atoms with Gasteiger partial charge < -0.3 is 15.2 Å². The summed E-state index contributed by atoms with van der Waals surface area (Å²) >= 11 is 3.18. The molecule has 1 aliphatic heterocycles. The number of methoxy groups -OCH3 is 1. The second-order valence-corrected chi connectivity index (χ2v) is 4.68. The van der Waals surface area contributed by atoms with Crippen LogP contribution in [0.4, 0.5) is 4.39 Å². The first-order valence-corrected chi connectivity index (χ1v) is 5.78. The average Bonchev–Trinajstić information content (AvgIpc) is 2.29. The maximum absolute atomic E-state index is 13.4. The van der Waals surface area contributed by atoms with Gasteiger partial charge >= 0.3 is 5.97 Å². The Hall–Kier alpha value is -1.14. The van der Waals surface area contributed by atoms with Crippen LogP contribution >= 0.6 is 15.9 Å². The quantitative estimate of drug-likeness (QED) is 0.802. The fraction of sp³-hybridized carbons (Fsp3) is 0.364. The molecule has 1 aromatic rings. The molecule has 0 fully saturated rings. The van der Waals surface area contributed by atoms with Gasteiger partial charge in [-0.15, -0.1) is 0 Å². The van der Waals surface area contributed by atoms with Gasteiger partial charge in [0.2, 0.25) is 0 Å². The Bertz CT molecular complexity index is 480. The number of fused-ring (bicyclic) bond motifs is 1. The molecule has 0 spiro atoms. The van der Waals surface area contributed by atoms with E-state index >= 15 is 0 Å². The number of carbonyl (C=O) groups is 1. The molecular formula is C11H11BrFNO3. The number of hydrogen-bond acceptors (Lipinski definition) is 4. The van der Waals surface area contributed by atoms with Crippen molar-refractivity contribution in [3.05, 3.63) is 28.0 Å². The molecule has 1 atom stereocenters. The molecule has 0 aromatic heterocycles. The lowest BCUT2D eigenvalue weighted by molar-refractivity contribution is -0.148. The minimum Gasteiger partial charge on any atom is -0.492 e. The van der Waals surface area contributed by atoms with Crippen molar-refractivity contribution in [2.75, 3.05) is 13.7 Å². The van der Waals surface area contributed by atoms with Crippen LogP contribution in [0.15, 0.2) is 16.6 Å². The third-order valence-corrected chi connectivity index (χ3v) is 3.37. The van der Waals surface area contributed by atoms with Crippen LogP contribution in [-0.4, -0.2) is 19.7 Å². The number of halogens is 2. The minimum absolute atomic E-state index is 0.253. The van der Waals surface area contributed by atoms with Crippen molar-refractivity contribution < 1.29 is 18.7 Å². The topological polar surface area (TPSA) is 61.5 Å². The summed E-state index contributed by atoms with van der Waals surface area (Å²) < 4.78 is 23.9. The van der Waals surface area contributed by atoms with E-state index < -0.39 is 17.3 Å². The number of benzene rings is 1. The first kappa shape index (κ1) is 12.3. The first-order chi connectivity index (χ1) is 7.99. The Morgan fingerprint density at radius 2 is 2.35 bits per heavy atom. The Labute approximate surface area is 106 Å². The van der Waals surface area contributed by atoms with Crippen molar-refractivity contribution in [3.8, 4) is 5.75 Å². The van der Waals surface area contributed by atoms with Crippen LogP contribution in [0.1, 0.15) is 12.0 Å². The molecule has 1 heterocycles. The molecule has 1 aliphatic rings. The molecule has 17 heavy (non-hydrogen) atoms. The largest absolute Gasteiger partial charge is 0.492 e. The summed E-state index contributed by atoms with van der Waals surface area (Å²) in [5, 5.41) is 0. The highest BCUT2D eigenvalue weighted by Gasteiger charge is 2.43. The predicted molar refractivity (Wildman–Crippen MR) is 62.1 cm³/mol. The van der Waals surface area contributed by atoms with Crippen LogP contribution in [0.3, 0.4) is 0 Å². The van der Waals surface area contributed by atoms with Crippen LogP contribution in [0.5, 0.6) is 5.75 Å². The van der Waals surface area contributed by atoms with Crippen molar-refractivity contribution in [2.24, 2.45) is 5.73 Å². The summed E-state index contributed by atoms with van der Waals surface area (Å²) in [6.45, 7) is 0.281. The van der Waals surface area contributed by atoms with Crippen LogP contribution in [-0.2, 0) is 15.1 Å². The molecule has 4 nitrogen and oxygen atoms in total. The van der Waals surface area contributed by atoms with Gasteiger partial charge in [0.25, 0.3) is 0 Å². The van der Waals surface area contributed by atoms with Crippen molar-refractivity contribution in [1.29, 1.82) is 0 Å². The van der Waals surface area contributed by atoms with Gasteiger partial charge in [0.1, 0.15) is 17.1 Å². The van der Waals surface area contributed by atoms with Gasteiger partial charge in [-0.1, -0.05) is 0 Å². The Morgan fingerprint density at radius 1 is 1.65 bits per heavy atom. The molecule has 2 N–H and O–H groups in total. The van der Waals surface area contributed by atoms with Gasteiger partial charge in [-0.2, -0.15) is 0 Å². The molecule has 0 aliphatic carbocycles. The summed E-state index contributed by atoms with van der Waals surface area (Å²) in [7, 11) is 1.25. The molecule has 0 amide bonds. The van der Waals surface area contributed by atoms with E-state index in [1.165, 1.54) is 19.2 Å². The maximum Gasteiger partial charge on any atom is 0.330 e. The van der Waals surface area contributed by atoms with Gasteiger partial charge in [0.05, 0.1) is 18.2 Å². The third kappa shape index (κ3) is 1.91. The molecule has 92 valence electrons. The van der Waals surface area contributed by atoms with E-state index in [9.17, 15) is 9.18 Å². The minimum atomic E-state index is -1.35. The zero-order chi connectivity index (χ0) is 12.6. The molecule has 0 bridgehead atoms. The monoisotopic (exact) mass is 303 g/mol. The zero-order valence-electron chi connectivity index (χ0n) is 9.13. The third-order valence-electron chi connectivity index (χ3n) is 2.78. The molecule has 0 saturated heterocycles. The summed E-state index contributed by atoms with van der Waals surface area (Å²) in [6, 6.07) is 2.47. The van der Waals surface area contributed by atoms with Gasteiger partial charge in [-0.25, -0.2) is 9.18 Å². The van der Waals surface area contributed by atoms with Gasteiger partial charge in [-0.05, 0) is 28.1 Å². The normalized spacial score (nSPS) is 22.6. The van der Waals surface area contributed by atoms with E-state index in [2.05, 4.69) is 20.7 Å². The SMILES string of the molecule is COC(=O)C1(N)CCOc2c(Br)cc(F)cc21. The molecule has 6 heteroatoms. The van der Waals surface area contributed by atoms with Gasteiger partial charge in [0.15, 0.2) is 0 Å². The van der Waals surface area contributed by atoms with Crippen molar-refractivity contribution in [2.45, 2.75) is 12.0 Å². The number of rotatable bonds is 1. The molecular weight excluding hydrogens is 293 g/mol. The number of ether oxygens (including phenoxy) is 2. The number of hydrogen-bond donors (Lipinski definition) is 1. The summed E-state index contributed by atoms with van der Waals surface area (Å²) in [5.41, 5.74) is 4.97. The number of esters is 1. The van der Waals surface area contributed by atoms with E-state index in [4.69, 9.17) is 10.5 Å². The fourth-order valence-corrected chi connectivity index (χ4v) is 2.43. The summed E-state index contributed by atoms with van der Waals surface area (Å²) in [5.74, 6) is -0.690. The van der Waals surface area contributed by atoms with Gasteiger partial charge in [0, 0.05) is 12.0 Å². The summed E-state index contributed by atoms with van der Waals surface area (Å²) in [6.07, 6.45) is 0.253. The first-order valence-electron chi connectivity index (χ1n) is 4.98. The van der Waals surface area contributed by atoms with Crippen LogP contribution in [0.2, 0.25) is 0 Å². The Kier molecular flexibility index (Phi) is 3.09. The highest BCUT2D eigenvalue weighted by Crippen LogP contribution is 2.41. The zero-order valence-corrected chi connectivity index (χ0v) is 10.7. The van der Waals surface area contributed by atoms with Gasteiger partial charge in [-0.3, -0.25) is 0 Å². The average molecular weight is 304 g/mol.